The van der Waals surface area contributed by atoms with E-state index in [0.29, 0.717) is 0 Å². The molecule has 1 nitrogen and oxygen atoms in total. The van der Waals surface area contributed by atoms with Crippen molar-refractivity contribution in [1.29, 1.82) is 0 Å². The van der Waals surface area contributed by atoms with Crippen LogP contribution in [0, 0.1) is 0 Å². The maximum Gasteiger partial charge on any atom is 0.134 e. The highest BCUT2D eigenvalue weighted by molar-refractivity contribution is 7.20. The van der Waals surface area contributed by atoms with Gasteiger partial charge in [-0.1, -0.05) is 127 Å². The summed E-state index contributed by atoms with van der Waals surface area (Å²) in [5.41, 5.74) is 2.47. The summed E-state index contributed by atoms with van der Waals surface area (Å²) in [5.74, 6) is 0. The van der Waals surface area contributed by atoms with E-state index in [1.807, 2.05) is 36.4 Å². The van der Waals surface area contributed by atoms with Crippen molar-refractivity contribution in [2.45, 2.75) is 11.0 Å². The SMILES string of the molecule is OC(c1ccccc1)(c1ccsc1-c1cccs1)C(c1ccccc1)(c1ccccc1)c1ccccc1. The number of aliphatic hydroxyl groups is 1. The first-order valence-electron chi connectivity index (χ1n) is 12.3. The molecule has 2 aromatic heterocycles. The Hall–Kier alpha value is -3.76. The summed E-state index contributed by atoms with van der Waals surface area (Å²) < 4.78 is 0. The molecule has 0 aliphatic rings. The zero-order chi connectivity index (χ0) is 25.1. The quantitative estimate of drug-likeness (QED) is 0.211. The third-order valence-corrected chi connectivity index (χ3v) is 9.12. The molecule has 2 heterocycles. The largest absolute Gasteiger partial charge is 0.379 e. The molecule has 1 unspecified atom stereocenters. The number of benzene rings is 4. The molecule has 0 aliphatic heterocycles. The molecular weight excluding hydrogens is 489 g/mol. The maximum absolute atomic E-state index is 13.7. The molecule has 0 fully saturated rings. The Balaban J connectivity index is 1.82. The molecule has 6 rings (SSSR count). The first-order valence-corrected chi connectivity index (χ1v) is 14.1. The lowest BCUT2D eigenvalue weighted by atomic mass is 9.55. The average molecular weight is 515 g/mol. The van der Waals surface area contributed by atoms with Crippen LogP contribution in [0.4, 0.5) is 0 Å². The highest BCUT2D eigenvalue weighted by Crippen LogP contribution is 2.57. The number of thiophene rings is 2. The average Bonchev–Trinajstić information content (AvgIpc) is 3.68. The van der Waals surface area contributed by atoms with Crippen LogP contribution < -0.4 is 0 Å². The van der Waals surface area contributed by atoms with E-state index in [1.165, 1.54) is 0 Å². The van der Waals surface area contributed by atoms with Crippen molar-refractivity contribution >= 4 is 22.7 Å². The summed E-state index contributed by atoms with van der Waals surface area (Å²) in [4.78, 5) is 2.25. The van der Waals surface area contributed by atoms with Crippen LogP contribution in [0.15, 0.2) is 150 Å². The van der Waals surface area contributed by atoms with E-state index in [2.05, 4.69) is 114 Å². The van der Waals surface area contributed by atoms with Crippen LogP contribution in [0.25, 0.3) is 9.75 Å². The normalized spacial score (nSPS) is 13.2. The van der Waals surface area contributed by atoms with Gasteiger partial charge in [0.1, 0.15) is 5.60 Å². The van der Waals surface area contributed by atoms with Crippen LogP contribution in [0.2, 0.25) is 0 Å². The molecule has 37 heavy (non-hydrogen) atoms. The first kappa shape index (κ1) is 23.6. The van der Waals surface area contributed by atoms with Crippen LogP contribution >= 0.6 is 22.7 Å². The summed E-state index contributed by atoms with van der Waals surface area (Å²) in [6, 6.07) is 47.8. The summed E-state index contributed by atoms with van der Waals surface area (Å²) in [7, 11) is 0. The zero-order valence-electron chi connectivity index (χ0n) is 20.2. The monoisotopic (exact) mass is 514 g/mol. The summed E-state index contributed by atoms with van der Waals surface area (Å²) in [5, 5.41) is 17.9. The van der Waals surface area contributed by atoms with Gasteiger partial charge in [0.15, 0.2) is 0 Å². The molecule has 0 radical (unpaired) electrons. The van der Waals surface area contributed by atoms with E-state index in [-0.39, 0.29) is 0 Å². The summed E-state index contributed by atoms with van der Waals surface area (Å²) in [6.45, 7) is 0. The lowest BCUT2D eigenvalue weighted by Gasteiger charge is -2.49. The Bertz CT molecular complexity index is 1460. The molecule has 0 bridgehead atoms. The standard InChI is InChI=1S/C34H26OS2/c35-34(29-20-11-4-12-21-29,30-23-25-37-32(30)31-22-13-24-36-31)33(26-14-5-1-6-15-26,27-16-7-2-8-17-27)28-18-9-3-10-19-28/h1-25,35H. The van der Waals surface area contributed by atoms with E-state index in [4.69, 9.17) is 0 Å². The van der Waals surface area contributed by atoms with Gasteiger partial charge in [-0.3, -0.25) is 0 Å². The lowest BCUT2D eigenvalue weighted by Crippen LogP contribution is -2.52. The van der Waals surface area contributed by atoms with Crippen molar-refractivity contribution in [3.8, 4) is 9.75 Å². The Morgan fingerprint density at radius 3 is 1.32 bits per heavy atom. The molecule has 1 atom stereocenters. The van der Waals surface area contributed by atoms with Crippen LogP contribution in [0.5, 0.6) is 0 Å². The van der Waals surface area contributed by atoms with Gasteiger partial charge in [0.2, 0.25) is 0 Å². The van der Waals surface area contributed by atoms with Crippen LogP contribution in [0.3, 0.4) is 0 Å². The van der Waals surface area contributed by atoms with Gasteiger partial charge in [0.25, 0.3) is 0 Å². The third kappa shape index (κ3) is 3.79. The molecule has 0 amide bonds. The molecule has 6 aromatic rings. The summed E-state index contributed by atoms with van der Waals surface area (Å²) >= 11 is 3.38. The number of hydrogen-bond donors (Lipinski definition) is 1. The number of hydrogen-bond acceptors (Lipinski definition) is 3. The number of rotatable bonds is 7. The molecule has 4 aromatic carbocycles. The van der Waals surface area contributed by atoms with E-state index in [0.717, 1.165) is 37.6 Å². The Morgan fingerprint density at radius 1 is 0.432 bits per heavy atom. The summed E-state index contributed by atoms with van der Waals surface area (Å²) in [6.07, 6.45) is 0. The van der Waals surface area contributed by atoms with Crippen LogP contribution in [0.1, 0.15) is 27.8 Å². The molecule has 0 saturated heterocycles. The fourth-order valence-electron chi connectivity index (χ4n) is 5.64. The maximum atomic E-state index is 13.7. The minimum atomic E-state index is -1.43. The molecule has 3 heteroatoms. The van der Waals surface area contributed by atoms with Crippen molar-refractivity contribution in [2.24, 2.45) is 0 Å². The van der Waals surface area contributed by atoms with Crippen molar-refractivity contribution in [2.75, 3.05) is 0 Å². The van der Waals surface area contributed by atoms with Gasteiger partial charge in [-0.15, -0.1) is 22.7 Å². The molecule has 0 spiro atoms. The molecule has 1 N–H and O–H groups in total. The van der Waals surface area contributed by atoms with Crippen molar-refractivity contribution < 1.29 is 5.11 Å². The second-order valence-electron chi connectivity index (χ2n) is 9.07. The lowest BCUT2D eigenvalue weighted by molar-refractivity contribution is 0.0290. The van der Waals surface area contributed by atoms with Crippen LogP contribution in [-0.4, -0.2) is 5.11 Å². The first-order chi connectivity index (χ1) is 18.3. The smallest absolute Gasteiger partial charge is 0.134 e. The fourth-order valence-corrected chi connectivity index (χ4v) is 7.47. The second-order valence-corrected chi connectivity index (χ2v) is 10.9. The van der Waals surface area contributed by atoms with Crippen LogP contribution in [-0.2, 0) is 11.0 Å². The van der Waals surface area contributed by atoms with Gasteiger partial charge in [0.05, 0.1) is 10.3 Å². The predicted molar refractivity (Wildman–Crippen MR) is 156 cm³/mol. The molecule has 180 valence electrons. The Labute approximate surface area is 226 Å². The van der Waals surface area contributed by atoms with Gasteiger partial charge in [-0.25, -0.2) is 0 Å². The minimum Gasteiger partial charge on any atom is -0.379 e. The molecular formula is C34H26OS2. The van der Waals surface area contributed by atoms with Gasteiger partial charge in [-0.05, 0) is 45.1 Å². The second kappa shape index (κ2) is 9.95. The topological polar surface area (TPSA) is 20.2 Å². The van der Waals surface area contributed by atoms with Crippen molar-refractivity contribution in [3.05, 3.63) is 178 Å². The Morgan fingerprint density at radius 2 is 0.892 bits per heavy atom. The van der Waals surface area contributed by atoms with Gasteiger partial charge >= 0.3 is 0 Å². The highest BCUT2D eigenvalue weighted by Gasteiger charge is 2.57. The molecule has 0 saturated carbocycles. The van der Waals surface area contributed by atoms with Gasteiger partial charge in [-0.2, -0.15) is 0 Å². The van der Waals surface area contributed by atoms with E-state index in [1.54, 1.807) is 22.7 Å². The zero-order valence-corrected chi connectivity index (χ0v) is 21.8. The van der Waals surface area contributed by atoms with Gasteiger partial charge in [0, 0.05) is 10.4 Å². The predicted octanol–water partition coefficient (Wildman–Crippen LogP) is 8.75. The van der Waals surface area contributed by atoms with Gasteiger partial charge < -0.3 is 5.11 Å². The van der Waals surface area contributed by atoms with Crippen molar-refractivity contribution in [3.63, 3.8) is 0 Å². The third-order valence-electron chi connectivity index (χ3n) is 7.15. The van der Waals surface area contributed by atoms with Crippen molar-refractivity contribution in [1.82, 2.24) is 0 Å². The fraction of sp³-hybridized carbons (Fsp3) is 0.0588. The Kier molecular flexibility index (Phi) is 6.35. The van der Waals surface area contributed by atoms with E-state index < -0.39 is 11.0 Å². The minimum absolute atomic E-state index is 0.850. The molecule has 0 aliphatic carbocycles. The van der Waals surface area contributed by atoms with E-state index >= 15 is 0 Å². The van der Waals surface area contributed by atoms with E-state index in [9.17, 15) is 5.11 Å². The highest BCUT2D eigenvalue weighted by atomic mass is 32.1.